The molecule has 2 heterocycles. The van der Waals surface area contributed by atoms with Gasteiger partial charge in [-0.1, -0.05) is 25.7 Å². The maximum atomic E-state index is 4.53. The van der Waals surface area contributed by atoms with E-state index in [0.717, 1.165) is 22.0 Å². The van der Waals surface area contributed by atoms with Crippen LogP contribution in [0.2, 0.25) is 0 Å². The summed E-state index contributed by atoms with van der Waals surface area (Å²) < 4.78 is 1.72. The van der Waals surface area contributed by atoms with E-state index in [2.05, 4.69) is 56.6 Å². The molecule has 0 N–H and O–H groups in total. The van der Waals surface area contributed by atoms with Crippen LogP contribution in [0.1, 0.15) is 56.3 Å². The van der Waals surface area contributed by atoms with Crippen LogP contribution in [0.5, 0.6) is 0 Å². The van der Waals surface area contributed by atoms with E-state index in [1.54, 1.807) is 3.01 Å². The second kappa shape index (κ2) is 7.02. The molecule has 1 aromatic rings. The number of hydrogen-bond acceptors (Lipinski definition) is 4. The molecule has 2 atom stereocenters. The van der Waals surface area contributed by atoms with Crippen molar-refractivity contribution >= 4 is 46.4 Å². The van der Waals surface area contributed by atoms with Crippen molar-refractivity contribution in [3.05, 3.63) is 11.4 Å². The van der Waals surface area contributed by atoms with Gasteiger partial charge >= 0.3 is 0 Å². The van der Waals surface area contributed by atoms with E-state index in [4.69, 9.17) is 0 Å². The van der Waals surface area contributed by atoms with Crippen LogP contribution in [-0.4, -0.2) is 23.7 Å². The first-order valence-corrected chi connectivity index (χ1v) is 10.2. The number of thioether (sulfide) groups is 2. The molecule has 0 amide bonds. The minimum atomic E-state index is 0.834. The van der Waals surface area contributed by atoms with Gasteiger partial charge < -0.3 is 0 Å². The van der Waals surface area contributed by atoms with Gasteiger partial charge in [-0.25, -0.2) is 0 Å². The molecule has 1 aliphatic heterocycles. The fraction of sp³-hybridized carbons (Fsp3) is 0.846. The largest absolute Gasteiger partial charge is 0.152 e. The first-order chi connectivity index (χ1) is 9.31. The normalized spacial score (nSPS) is 29.1. The van der Waals surface area contributed by atoms with Crippen LogP contribution in [0.25, 0.3) is 0 Å². The van der Waals surface area contributed by atoms with Gasteiger partial charge in [-0.15, -0.1) is 13.2 Å². The molecule has 0 spiro atoms. The summed E-state index contributed by atoms with van der Waals surface area (Å²) >= 11 is 6.41. The van der Waals surface area contributed by atoms with Crippen molar-refractivity contribution in [3.63, 3.8) is 0 Å². The van der Waals surface area contributed by atoms with Gasteiger partial charge in [0.05, 0.1) is 11.4 Å². The molecule has 2 unspecified atom stereocenters. The van der Waals surface area contributed by atoms with Crippen LogP contribution in [0.3, 0.4) is 0 Å². The number of rotatable bonds is 0. The monoisotopic (exact) mass is 409 g/mol. The van der Waals surface area contributed by atoms with Crippen LogP contribution in [-0.2, 0) is 11.5 Å². The van der Waals surface area contributed by atoms with Crippen molar-refractivity contribution in [2.75, 3.05) is 0 Å². The Hall–Kier alpha value is 0.570. The lowest BCUT2D eigenvalue weighted by Crippen LogP contribution is -2.12. The van der Waals surface area contributed by atoms with Crippen molar-refractivity contribution in [3.8, 4) is 0 Å². The van der Waals surface area contributed by atoms with Crippen molar-refractivity contribution in [2.45, 2.75) is 67.0 Å². The molecule has 3 nitrogen and oxygen atoms in total. The number of halogens is 1. The molecule has 3 rings (SSSR count). The summed E-state index contributed by atoms with van der Waals surface area (Å²) in [5.41, 5.74) is 2.43. The number of hydrogen-bond donors (Lipinski definition) is 0. The Kier molecular flexibility index (Phi) is 5.36. The van der Waals surface area contributed by atoms with Crippen molar-refractivity contribution in [2.24, 2.45) is 0 Å². The van der Waals surface area contributed by atoms with Gasteiger partial charge in [-0.05, 0) is 19.3 Å². The predicted octanol–water partition coefficient (Wildman–Crippen LogP) is 4.44. The van der Waals surface area contributed by atoms with Gasteiger partial charge in [-0.2, -0.15) is 23.5 Å². The number of fused-ring (bicyclic) bond motifs is 3. The highest BCUT2D eigenvalue weighted by atomic mass is 127. The molecule has 0 aromatic carbocycles. The van der Waals surface area contributed by atoms with Crippen molar-refractivity contribution < 1.29 is 0 Å². The highest BCUT2D eigenvalue weighted by molar-refractivity contribution is 14.1. The number of nitrogens with zero attached hydrogens (tertiary/aromatic N) is 3. The van der Waals surface area contributed by atoms with E-state index in [9.17, 15) is 0 Å². The van der Waals surface area contributed by atoms with Gasteiger partial charge in [0, 0.05) is 22.0 Å². The zero-order chi connectivity index (χ0) is 13.1. The highest BCUT2D eigenvalue weighted by Crippen LogP contribution is 2.36. The molecule has 1 fully saturated rings. The summed E-state index contributed by atoms with van der Waals surface area (Å²) in [6.07, 6.45) is 9.89. The SMILES string of the molecule is In1nc2c(n1)CSC1CCCCCCC(C1)SC2. The summed E-state index contributed by atoms with van der Waals surface area (Å²) in [6.45, 7) is 0. The fourth-order valence-corrected chi connectivity index (χ4v) is 6.17. The highest BCUT2D eigenvalue weighted by Gasteiger charge is 2.23. The van der Waals surface area contributed by atoms with Crippen LogP contribution < -0.4 is 0 Å². The Bertz CT molecular complexity index is 389. The minimum Gasteiger partial charge on any atom is -0.152 e. The third-order valence-corrected chi connectivity index (χ3v) is 7.09. The molecule has 1 saturated carbocycles. The maximum Gasteiger partial charge on any atom is 0.111 e. The average molecular weight is 409 g/mol. The standard InChI is InChI=1S/C13H20IN3S2/c14-17-15-12-8-18-10-5-3-1-2-4-6-11(7-10)19-9-13(12)16-17/h10-11H,1-9H2. The van der Waals surface area contributed by atoms with E-state index >= 15 is 0 Å². The molecule has 0 radical (unpaired) electrons. The van der Waals surface area contributed by atoms with E-state index < -0.39 is 0 Å². The third-order valence-electron chi connectivity index (χ3n) is 3.98. The maximum absolute atomic E-state index is 4.53. The predicted molar refractivity (Wildman–Crippen MR) is 91.9 cm³/mol. The Morgan fingerprint density at radius 2 is 1.42 bits per heavy atom. The van der Waals surface area contributed by atoms with E-state index in [1.807, 2.05) is 0 Å². The fourth-order valence-electron chi connectivity index (χ4n) is 2.88. The molecule has 2 aliphatic rings. The molecule has 2 bridgehead atoms. The quantitative estimate of drug-likeness (QED) is 0.593. The van der Waals surface area contributed by atoms with Crippen LogP contribution in [0, 0.1) is 0 Å². The van der Waals surface area contributed by atoms with Gasteiger partial charge in [0.2, 0.25) is 0 Å². The molecule has 1 aromatic heterocycles. The van der Waals surface area contributed by atoms with Crippen LogP contribution in [0.15, 0.2) is 0 Å². The van der Waals surface area contributed by atoms with Gasteiger partial charge in [0.25, 0.3) is 0 Å². The second-order valence-corrected chi connectivity index (χ2v) is 8.87. The van der Waals surface area contributed by atoms with Gasteiger partial charge in [-0.3, -0.25) is 0 Å². The lowest BCUT2D eigenvalue weighted by atomic mass is 10.1. The molecular formula is C13H20IN3S2. The van der Waals surface area contributed by atoms with Crippen molar-refractivity contribution in [1.29, 1.82) is 0 Å². The summed E-state index contributed by atoms with van der Waals surface area (Å²) in [4.78, 5) is 0. The molecule has 1 aliphatic carbocycles. The Balaban J connectivity index is 1.77. The van der Waals surface area contributed by atoms with Gasteiger partial charge in [0.1, 0.15) is 22.9 Å². The van der Waals surface area contributed by atoms with Crippen LogP contribution >= 0.6 is 46.4 Å². The zero-order valence-corrected chi connectivity index (χ0v) is 14.8. The zero-order valence-electron chi connectivity index (χ0n) is 11.1. The summed E-state index contributed by atoms with van der Waals surface area (Å²) in [7, 11) is 0. The first kappa shape index (κ1) is 14.5. The smallest absolute Gasteiger partial charge is 0.111 e. The topological polar surface area (TPSA) is 30.7 Å². The Labute approximate surface area is 137 Å². The average Bonchev–Trinajstić information content (AvgIpc) is 2.81. The summed E-state index contributed by atoms with van der Waals surface area (Å²) in [5.74, 6) is 2.10. The van der Waals surface area contributed by atoms with Gasteiger partial charge in [0.15, 0.2) is 0 Å². The lowest BCUT2D eigenvalue weighted by Gasteiger charge is -2.20. The lowest BCUT2D eigenvalue weighted by molar-refractivity contribution is 0.628. The summed E-state index contributed by atoms with van der Waals surface area (Å²) in [6, 6.07) is 0. The second-order valence-electron chi connectivity index (χ2n) is 5.43. The summed E-state index contributed by atoms with van der Waals surface area (Å²) in [5, 5.41) is 10.7. The molecular weight excluding hydrogens is 389 g/mol. The minimum absolute atomic E-state index is 0.834. The Morgan fingerprint density at radius 3 is 1.95 bits per heavy atom. The van der Waals surface area contributed by atoms with E-state index in [0.29, 0.717) is 0 Å². The van der Waals surface area contributed by atoms with E-state index in [1.165, 1.54) is 56.3 Å². The molecule has 106 valence electrons. The molecule has 6 heteroatoms. The third kappa shape index (κ3) is 4.03. The number of aromatic nitrogens is 3. The molecule has 0 saturated heterocycles. The Morgan fingerprint density at radius 1 is 0.895 bits per heavy atom. The first-order valence-electron chi connectivity index (χ1n) is 7.16. The van der Waals surface area contributed by atoms with Crippen LogP contribution in [0.4, 0.5) is 0 Å². The van der Waals surface area contributed by atoms with E-state index in [-0.39, 0.29) is 0 Å². The molecule has 19 heavy (non-hydrogen) atoms. The van der Waals surface area contributed by atoms with Crippen molar-refractivity contribution in [1.82, 2.24) is 13.2 Å².